The third-order valence-corrected chi connectivity index (χ3v) is 2.72. The molecule has 0 fully saturated rings. The first-order valence-corrected chi connectivity index (χ1v) is 5.33. The molecule has 1 heterocycles. The Kier molecular flexibility index (Phi) is 2.75. The largest absolute Gasteiger partial charge is 0.481 e. The van der Waals surface area contributed by atoms with Gasteiger partial charge in [0.25, 0.3) is 0 Å². The van der Waals surface area contributed by atoms with Crippen LogP contribution in [0.15, 0.2) is 18.2 Å². The molecular formula is C11H8N2O2S. The zero-order valence-corrected chi connectivity index (χ0v) is 9.04. The first-order chi connectivity index (χ1) is 7.65. The van der Waals surface area contributed by atoms with Gasteiger partial charge in [0.2, 0.25) is 0 Å². The molecule has 0 bridgehead atoms. The van der Waals surface area contributed by atoms with E-state index < -0.39 is 5.97 Å². The van der Waals surface area contributed by atoms with E-state index in [-0.39, 0.29) is 6.42 Å². The molecule has 1 aromatic heterocycles. The smallest absolute Gasteiger partial charge is 0.315 e. The molecule has 0 aliphatic rings. The van der Waals surface area contributed by atoms with E-state index in [1.807, 2.05) is 12.1 Å². The van der Waals surface area contributed by atoms with Gasteiger partial charge >= 0.3 is 5.97 Å². The van der Waals surface area contributed by atoms with Crippen molar-refractivity contribution in [3.8, 4) is 11.8 Å². The Morgan fingerprint density at radius 1 is 1.56 bits per heavy atom. The van der Waals surface area contributed by atoms with Gasteiger partial charge in [0.15, 0.2) is 5.13 Å². The van der Waals surface area contributed by atoms with Crippen LogP contribution in [0.4, 0.5) is 5.13 Å². The van der Waals surface area contributed by atoms with E-state index in [4.69, 9.17) is 10.8 Å². The number of thiazole rings is 1. The number of rotatable bonds is 1. The average Bonchev–Trinajstić information content (AvgIpc) is 2.56. The Labute approximate surface area is 95.7 Å². The lowest BCUT2D eigenvalue weighted by Crippen LogP contribution is -1.90. The lowest BCUT2D eigenvalue weighted by Gasteiger charge is -1.89. The molecule has 80 valence electrons. The monoisotopic (exact) mass is 232 g/mol. The van der Waals surface area contributed by atoms with Crippen LogP contribution in [0.25, 0.3) is 10.2 Å². The molecule has 0 amide bonds. The molecule has 5 heteroatoms. The molecule has 0 atom stereocenters. The number of carboxylic acid groups (broad SMARTS) is 1. The van der Waals surface area contributed by atoms with Crippen LogP contribution in [-0.2, 0) is 4.79 Å². The minimum absolute atomic E-state index is 0.150. The minimum atomic E-state index is -0.921. The first-order valence-electron chi connectivity index (χ1n) is 4.52. The normalized spacial score (nSPS) is 9.75. The lowest BCUT2D eigenvalue weighted by molar-refractivity contribution is -0.135. The summed E-state index contributed by atoms with van der Waals surface area (Å²) in [4.78, 5) is 14.4. The van der Waals surface area contributed by atoms with Gasteiger partial charge in [0, 0.05) is 5.56 Å². The predicted molar refractivity (Wildman–Crippen MR) is 63.2 cm³/mol. The SMILES string of the molecule is Nc1nc2ccc(C#CCC(=O)O)cc2s1. The second-order valence-corrected chi connectivity index (χ2v) is 4.17. The molecule has 4 nitrogen and oxygen atoms in total. The van der Waals surface area contributed by atoms with Crippen molar-refractivity contribution < 1.29 is 9.90 Å². The Morgan fingerprint density at radius 2 is 2.38 bits per heavy atom. The van der Waals surface area contributed by atoms with Crippen LogP contribution in [0, 0.1) is 11.8 Å². The molecule has 0 aliphatic heterocycles. The summed E-state index contributed by atoms with van der Waals surface area (Å²) >= 11 is 1.39. The molecule has 0 saturated heterocycles. The Balaban J connectivity index is 2.30. The number of aliphatic carboxylic acids is 1. The van der Waals surface area contributed by atoms with Crippen LogP contribution in [0.1, 0.15) is 12.0 Å². The summed E-state index contributed by atoms with van der Waals surface area (Å²) in [6.45, 7) is 0. The quantitative estimate of drug-likeness (QED) is 0.734. The molecule has 0 unspecified atom stereocenters. The van der Waals surface area contributed by atoms with Crippen LogP contribution in [0.5, 0.6) is 0 Å². The van der Waals surface area contributed by atoms with Crippen LogP contribution in [0.3, 0.4) is 0 Å². The zero-order valence-electron chi connectivity index (χ0n) is 8.23. The highest BCUT2D eigenvalue weighted by Crippen LogP contribution is 2.24. The van der Waals surface area contributed by atoms with Gasteiger partial charge in [0.05, 0.1) is 10.2 Å². The highest BCUT2D eigenvalue weighted by Gasteiger charge is 2.00. The standard InChI is InChI=1S/C11H8N2O2S/c12-11-13-8-5-4-7(6-9(8)16-11)2-1-3-10(14)15/h4-6H,3H2,(H2,12,13)(H,14,15). The molecule has 0 saturated carbocycles. The summed E-state index contributed by atoms with van der Waals surface area (Å²) in [7, 11) is 0. The van der Waals surface area contributed by atoms with Gasteiger partial charge in [-0.05, 0) is 18.2 Å². The Hall–Kier alpha value is -2.06. The number of fused-ring (bicyclic) bond motifs is 1. The molecule has 2 aromatic rings. The van der Waals surface area contributed by atoms with E-state index in [1.54, 1.807) is 6.07 Å². The van der Waals surface area contributed by atoms with Crippen molar-refractivity contribution in [3.05, 3.63) is 23.8 Å². The highest BCUT2D eigenvalue weighted by atomic mass is 32.1. The van der Waals surface area contributed by atoms with Crippen molar-refractivity contribution in [3.63, 3.8) is 0 Å². The van der Waals surface area contributed by atoms with E-state index >= 15 is 0 Å². The number of nitrogens with two attached hydrogens (primary N) is 1. The van der Waals surface area contributed by atoms with Crippen molar-refractivity contribution in [1.29, 1.82) is 0 Å². The maximum atomic E-state index is 10.3. The number of benzene rings is 1. The summed E-state index contributed by atoms with van der Waals surface area (Å²) in [6, 6.07) is 5.49. The summed E-state index contributed by atoms with van der Waals surface area (Å²) in [6.07, 6.45) is -0.150. The lowest BCUT2D eigenvalue weighted by atomic mass is 10.2. The van der Waals surface area contributed by atoms with Crippen molar-refractivity contribution in [1.82, 2.24) is 4.98 Å². The molecule has 16 heavy (non-hydrogen) atoms. The number of aromatic nitrogens is 1. The maximum absolute atomic E-state index is 10.3. The van der Waals surface area contributed by atoms with E-state index in [2.05, 4.69) is 16.8 Å². The van der Waals surface area contributed by atoms with E-state index in [1.165, 1.54) is 11.3 Å². The van der Waals surface area contributed by atoms with Crippen LogP contribution in [0.2, 0.25) is 0 Å². The first kappa shape index (κ1) is 10.5. The molecule has 2 rings (SSSR count). The summed E-state index contributed by atoms with van der Waals surface area (Å²) < 4.78 is 0.958. The topological polar surface area (TPSA) is 76.2 Å². The number of nitrogens with zero attached hydrogens (tertiary/aromatic N) is 1. The van der Waals surface area contributed by atoms with Gasteiger partial charge in [-0.2, -0.15) is 0 Å². The summed E-state index contributed by atoms with van der Waals surface area (Å²) in [5.74, 6) is 4.44. The number of hydrogen-bond acceptors (Lipinski definition) is 4. The van der Waals surface area contributed by atoms with Gasteiger partial charge in [-0.1, -0.05) is 23.2 Å². The Morgan fingerprint density at radius 3 is 3.12 bits per heavy atom. The van der Waals surface area contributed by atoms with Crippen molar-refractivity contribution in [2.24, 2.45) is 0 Å². The highest BCUT2D eigenvalue weighted by molar-refractivity contribution is 7.22. The fourth-order valence-corrected chi connectivity index (χ4v) is 2.02. The van der Waals surface area contributed by atoms with Crippen LogP contribution in [-0.4, -0.2) is 16.1 Å². The zero-order chi connectivity index (χ0) is 11.5. The number of nitrogen functional groups attached to an aromatic ring is 1. The summed E-state index contributed by atoms with van der Waals surface area (Å²) in [5.41, 5.74) is 7.19. The Bertz CT molecular complexity index is 607. The molecule has 0 aliphatic carbocycles. The van der Waals surface area contributed by atoms with Gasteiger partial charge in [-0.3, -0.25) is 4.79 Å². The van der Waals surface area contributed by atoms with Crippen molar-refractivity contribution >= 4 is 32.7 Å². The van der Waals surface area contributed by atoms with E-state index in [0.29, 0.717) is 5.13 Å². The minimum Gasteiger partial charge on any atom is -0.481 e. The molecule has 3 N–H and O–H groups in total. The number of hydrogen-bond donors (Lipinski definition) is 2. The second-order valence-electron chi connectivity index (χ2n) is 3.11. The van der Waals surface area contributed by atoms with Gasteiger partial charge in [0.1, 0.15) is 6.42 Å². The summed E-state index contributed by atoms with van der Waals surface area (Å²) in [5, 5.41) is 8.96. The van der Waals surface area contributed by atoms with Crippen molar-refractivity contribution in [2.75, 3.05) is 5.73 Å². The molecular weight excluding hydrogens is 224 g/mol. The van der Waals surface area contributed by atoms with Gasteiger partial charge in [-0.25, -0.2) is 4.98 Å². The average molecular weight is 232 g/mol. The van der Waals surface area contributed by atoms with Gasteiger partial charge < -0.3 is 10.8 Å². The third-order valence-electron chi connectivity index (χ3n) is 1.88. The maximum Gasteiger partial charge on any atom is 0.315 e. The molecule has 0 radical (unpaired) electrons. The predicted octanol–water partition coefficient (Wildman–Crippen LogP) is 1.70. The van der Waals surface area contributed by atoms with Gasteiger partial charge in [-0.15, -0.1) is 0 Å². The fourth-order valence-electron chi connectivity index (χ4n) is 1.24. The third kappa shape index (κ3) is 2.30. The number of carbonyl (C=O) groups is 1. The fraction of sp³-hybridized carbons (Fsp3) is 0.0909. The van der Waals surface area contributed by atoms with E-state index in [0.717, 1.165) is 15.8 Å². The van der Waals surface area contributed by atoms with Crippen molar-refractivity contribution in [2.45, 2.75) is 6.42 Å². The second kappa shape index (κ2) is 4.21. The number of carboxylic acids is 1. The molecule has 1 aromatic carbocycles. The van der Waals surface area contributed by atoms with Crippen LogP contribution < -0.4 is 5.73 Å². The van der Waals surface area contributed by atoms with E-state index in [9.17, 15) is 4.79 Å². The number of anilines is 1. The molecule has 0 spiro atoms. The van der Waals surface area contributed by atoms with Crippen LogP contribution >= 0.6 is 11.3 Å².